The number of oxazole rings is 1. The first-order valence-electron chi connectivity index (χ1n) is 11.6. The Balaban J connectivity index is 1.61. The van der Waals surface area contributed by atoms with Gasteiger partial charge in [-0.2, -0.15) is 13.2 Å². The summed E-state index contributed by atoms with van der Waals surface area (Å²) in [5.41, 5.74) is 0.522. The molecule has 3 heterocycles. The topological polar surface area (TPSA) is 66.0 Å². The fourth-order valence-corrected chi connectivity index (χ4v) is 5.33. The number of aromatic nitrogens is 4. The summed E-state index contributed by atoms with van der Waals surface area (Å²) in [6, 6.07) is 9.79. The fourth-order valence-electron chi connectivity index (χ4n) is 5.11. The van der Waals surface area contributed by atoms with Crippen molar-refractivity contribution in [2.45, 2.75) is 51.2 Å². The molecule has 10 heteroatoms. The summed E-state index contributed by atoms with van der Waals surface area (Å²) in [6.07, 6.45) is -0.911. The van der Waals surface area contributed by atoms with Gasteiger partial charge in [-0.15, -0.1) is 10.2 Å². The van der Waals surface area contributed by atoms with Crippen LogP contribution >= 0.6 is 11.6 Å². The largest absolute Gasteiger partial charge is 0.496 e. The Morgan fingerprint density at radius 2 is 1.97 bits per heavy atom. The number of benzene rings is 2. The number of methoxy groups -OCH3 is 1. The molecule has 1 atom stereocenters. The summed E-state index contributed by atoms with van der Waals surface area (Å²) in [5.74, 6) is 3.01. The Morgan fingerprint density at radius 3 is 2.64 bits per heavy atom. The summed E-state index contributed by atoms with van der Waals surface area (Å²) >= 11 is 5.90. The average Bonchev–Trinajstić information content (AvgIpc) is 3.49. The van der Waals surface area contributed by atoms with Gasteiger partial charge in [-0.25, -0.2) is 4.98 Å². The number of fused-ring (bicyclic) bond motifs is 1. The first-order chi connectivity index (χ1) is 17.2. The summed E-state index contributed by atoms with van der Waals surface area (Å²) < 4.78 is 54.2. The molecule has 1 unspecified atom stereocenters. The minimum absolute atomic E-state index is 0.315. The van der Waals surface area contributed by atoms with Gasteiger partial charge in [0.05, 0.1) is 34.9 Å². The molecule has 0 spiro atoms. The maximum atomic E-state index is 13.6. The maximum Gasteiger partial charge on any atom is 0.417 e. The first-order valence-corrected chi connectivity index (χ1v) is 12.0. The molecule has 1 aliphatic heterocycles. The molecular formula is C26H24ClF3N4O2. The van der Waals surface area contributed by atoms with E-state index in [2.05, 4.69) is 15.2 Å². The zero-order chi connectivity index (χ0) is 25.7. The van der Waals surface area contributed by atoms with Crippen molar-refractivity contribution >= 4 is 11.6 Å². The molecule has 2 aromatic carbocycles. The highest BCUT2D eigenvalue weighted by molar-refractivity contribution is 6.31. The second-order valence-electron chi connectivity index (χ2n) is 8.89. The highest BCUT2D eigenvalue weighted by Gasteiger charge is 2.43. The molecule has 0 saturated carbocycles. The molecule has 188 valence electrons. The summed E-state index contributed by atoms with van der Waals surface area (Å²) in [5, 5.41) is 8.68. The van der Waals surface area contributed by atoms with E-state index in [9.17, 15) is 13.2 Å². The van der Waals surface area contributed by atoms with Gasteiger partial charge >= 0.3 is 6.18 Å². The standard InChI is InChI=1S/C26H24ClF3N4O2/c1-4-25(17-7-9-20(27)19(13-17)26(28,29)30)10-5-11-34-23(32-33-24(25)34)16-6-8-18(21(12-16)35-3)22-14-31-15(2)36-22/h6-9,12-14H,4-5,10-11H2,1-3H3. The molecule has 0 N–H and O–H groups in total. The van der Waals surface area contributed by atoms with Crippen molar-refractivity contribution in [3.05, 3.63) is 70.5 Å². The van der Waals surface area contributed by atoms with Crippen molar-refractivity contribution in [1.82, 2.24) is 19.7 Å². The molecule has 5 rings (SSSR count). The van der Waals surface area contributed by atoms with Crippen LogP contribution in [0.1, 0.15) is 49.0 Å². The summed E-state index contributed by atoms with van der Waals surface area (Å²) in [6.45, 7) is 4.39. The third-order valence-corrected chi connectivity index (χ3v) is 7.27. The van der Waals surface area contributed by atoms with Crippen molar-refractivity contribution in [3.8, 4) is 28.5 Å². The number of alkyl halides is 3. The zero-order valence-corrected chi connectivity index (χ0v) is 20.7. The van der Waals surface area contributed by atoms with E-state index in [0.717, 1.165) is 23.6 Å². The number of aryl methyl sites for hydroxylation is 1. The third-order valence-electron chi connectivity index (χ3n) is 6.94. The lowest BCUT2D eigenvalue weighted by Gasteiger charge is -2.37. The van der Waals surface area contributed by atoms with Crippen molar-refractivity contribution in [3.63, 3.8) is 0 Å². The summed E-state index contributed by atoms with van der Waals surface area (Å²) in [7, 11) is 1.58. The van der Waals surface area contributed by atoms with Gasteiger partial charge in [-0.05, 0) is 49.1 Å². The molecule has 0 bridgehead atoms. The van der Waals surface area contributed by atoms with E-state index < -0.39 is 17.2 Å². The van der Waals surface area contributed by atoms with E-state index in [1.807, 2.05) is 29.7 Å². The molecule has 36 heavy (non-hydrogen) atoms. The molecule has 0 fully saturated rings. The number of halogens is 4. The molecule has 0 amide bonds. The van der Waals surface area contributed by atoms with Gasteiger partial charge in [0.2, 0.25) is 0 Å². The highest BCUT2D eigenvalue weighted by atomic mass is 35.5. The van der Waals surface area contributed by atoms with Gasteiger partial charge in [-0.3, -0.25) is 0 Å². The van der Waals surface area contributed by atoms with E-state index in [0.29, 0.717) is 54.0 Å². The number of hydrogen-bond donors (Lipinski definition) is 0. The quantitative estimate of drug-likeness (QED) is 0.283. The van der Waals surface area contributed by atoms with E-state index in [-0.39, 0.29) is 5.02 Å². The number of ether oxygens (including phenoxy) is 1. The fraction of sp³-hybridized carbons (Fsp3) is 0.346. The van der Waals surface area contributed by atoms with Crippen molar-refractivity contribution in [2.75, 3.05) is 7.11 Å². The van der Waals surface area contributed by atoms with Crippen LogP contribution in [-0.2, 0) is 18.1 Å². The van der Waals surface area contributed by atoms with E-state index in [4.69, 9.17) is 20.8 Å². The van der Waals surface area contributed by atoms with Gasteiger partial charge in [0.25, 0.3) is 0 Å². The van der Waals surface area contributed by atoms with Crippen LogP contribution < -0.4 is 4.74 Å². The van der Waals surface area contributed by atoms with Crippen LogP contribution in [0.5, 0.6) is 5.75 Å². The molecule has 4 aromatic rings. The number of rotatable bonds is 5. The molecule has 0 aliphatic carbocycles. The molecule has 6 nitrogen and oxygen atoms in total. The lowest BCUT2D eigenvalue weighted by atomic mass is 9.71. The van der Waals surface area contributed by atoms with Crippen LogP contribution in [0.15, 0.2) is 47.0 Å². The van der Waals surface area contributed by atoms with E-state index >= 15 is 0 Å². The monoisotopic (exact) mass is 516 g/mol. The molecule has 1 aliphatic rings. The number of hydrogen-bond acceptors (Lipinski definition) is 5. The normalized spacial score (nSPS) is 17.8. The van der Waals surface area contributed by atoms with Crippen LogP contribution in [0.3, 0.4) is 0 Å². The van der Waals surface area contributed by atoms with Gasteiger partial charge in [0.15, 0.2) is 17.5 Å². The second kappa shape index (κ2) is 8.96. The Morgan fingerprint density at radius 1 is 1.17 bits per heavy atom. The van der Waals surface area contributed by atoms with Crippen LogP contribution in [0.4, 0.5) is 13.2 Å². The average molecular weight is 517 g/mol. The predicted molar refractivity (Wildman–Crippen MR) is 129 cm³/mol. The SMILES string of the molecule is CCC1(c2ccc(Cl)c(C(F)(F)F)c2)CCCn2c(-c3ccc(-c4cnc(C)o4)c(OC)c3)nnc21. The van der Waals surface area contributed by atoms with E-state index in [1.165, 1.54) is 6.07 Å². The molecule has 0 radical (unpaired) electrons. The second-order valence-corrected chi connectivity index (χ2v) is 9.30. The summed E-state index contributed by atoms with van der Waals surface area (Å²) in [4.78, 5) is 4.15. The third kappa shape index (κ3) is 3.95. The zero-order valence-electron chi connectivity index (χ0n) is 20.0. The van der Waals surface area contributed by atoms with E-state index in [1.54, 1.807) is 26.3 Å². The lowest BCUT2D eigenvalue weighted by Crippen LogP contribution is -2.35. The Kier molecular flexibility index (Phi) is 6.06. The molecular weight excluding hydrogens is 493 g/mol. The Bertz CT molecular complexity index is 1430. The number of nitrogens with zero attached hydrogens (tertiary/aromatic N) is 4. The van der Waals surface area contributed by atoms with Gasteiger partial charge in [0, 0.05) is 19.0 Å². The lowest BCUT2D eigenvalue weighted by molar-refractivity contribution is -0.137. The Hall–Kier alpha value is -3.33. The molecule has 2 aromatic heterocycles. The van der Waals surface area contributed by atoms with Crippen LogP contribution in [0.2, 0.25) is 5.02 Å². The van der Waals surface area contributed by atoms with Gasteiger partial charge in [0.1, 0.15) is 11.6 Å². The molecule has 0 saturated heterocycles. The minimum atomic E-state index is -4.55. The maximum absolute atomic E-state index is 13.6. The Labute approximate surface area is 211 Å². The van der Waals surface area contributed by atoms with Crippen LogP contribution in [0.25, 0.3) is 22.7 Å². The van der Waals surface area contributed by atoms with Crippen molar-refractivity contribution in [2.24, 2.45) is 0 Å². The van der Waals surface area contributed by atoms with Crippen LogP contribution in [-0.4, -0.2) is 26.9 Å². The minimum Gasteiger partial charge on any atom is -0.496 e. The van der Waals surface area contributed by atoms with Crippen molar-refractivity contribution in [1.29, 1.82) is 0 Å². The predicted octanol–water partition coefficient (Wildman–Crippen LogP) is 7.08. The van der Waals surface area contributed by atoms with Crippen LogP contribution in [0, 0.1) is 6.92 Å². The van der Waals surface area contributed by atoms with Crippen molar-refractivity contribution < 1.29 is 22.3 Å². The highest BCUT2D eigenvalue weighted by Crippen LogP contribution is 2.46. The first kappa shape index (κ1) is 24.4. The van der Waals surface area contributed by atoms with Gasteiger partial charge in [-0.1, -0.05) is 30.7 Å². The van der Waals surface area contributed by atoms with Gasteiger partial charge < -0.3 is 13.7 Å². The smallest absolute Gasteiger partial charge is 0.417 e.